The number of rotatable bonds is 6. The van der Waals surface area contributed by atoms with Gasteiger partial charge in [0.25, 0.3) is 0 Å². The van der Waals surface area contributed by atoms with Gasteiger partial charge in [-0.3, -0.25) is 9.59 Å². The lowest BCUT2D eigenvalue weighted by Crippen LogP contribution is -2.44. The van der Waals surface area contributed by atoms with Crippen molar-refractivity contribution in [2.24, 2.45) is 5.73 Å². The first kappa shape index (κ1) is 14.8. The monoisotopic (exact) mass is 282 g/mol. The number of nitrogens with one attached hydrogen (secondary N) is 1. The minimum Gasteiger partial charge on any atom is -0.368 e. The van der Waals surface area contributed by atoms with E-state index in [0.29, 0.717) is 6.42 Å². The topological polar surface area (TPSA) is 72.2 Å². The predicted octanol–water partition coefficient (Wildman–Crippen LogP) is 1.93. The molecule has 0 radical (unpaired) electrons. The molecule has 0 spiro atoms. The number of hydrogen-bond acceptors (Lipinski definition) is 2. The largest absolute Gasteiger partial charge is 0.368 e. The molecule has 0 heterocycles. The van der Waals surface area contributed by atoms with Gasteiger partial charge in [-0.1, -0.05) is 48.5 Å². The summed E-state index contributed by atoms with van der Waals surface area (Å²) in [5.41, 5.74) is 6.13. The molecule has 0 bridgehead atoms. The molecule has 2 aromatic carbocycles. The summed E-state index contributed by atoms with van der Waals surface area (Å²) in [4.78, 5) is 23.2. The standard InChI is InChI=1S/C17H18N2O2/c1-2-5-15(17(18)21)19-16(20)11-12-8-9-13-6-3-4-7-14(13)10-12/h2-4,6-10,15H,1,5,11H2,(H2,18,21)(H,19,20)/t15-/m1/s1. The highest BCUT2D eigenvalue weighted by atomic mass is 16.2. The zero-order valence-corrected chi connectivity index (χ0v) is 11.7. The van der Waals surface area contributed by atoms with Crippen LogP contribution >= 0.6 is 0 Å². The minimum absolute atomic E-state index is 0.214. The van der Waals surface area contributed by atoms with Gasteiger partial charge in [-0.05, 0) is 22.8 Å². The van der Waals surface area contributed by atoms with Crippen LogP contribution in [-0.2, 0) is 16.0 Å². The number of carbonyl (C=O) groups is 2. The average Bonchev–Trinajstić information content (AvgIpc) is 2.46. The van der Waals surface area contributed by atoms with E-state index in [2.05, 4.69) is 11.9 Å². The van der Waals surface area contributed by atoms with E-state index in [4.69, 9.17) is 5.73 Å². The number of primary amides is 1. The summed E-state index contributed by atoms with van der Waals surface area (Å²) in [6.45, 7) is 3.55. The number of carbonyl (C=O) groups excluding carboxylic acids is 2. The van der Waals surface area contributed by atoms with E-state index in [1.54, 1.807) is 6.08 Å². The van der Waals surface area contributed by atoms with Crippen molar-refractivity contribution in [3.8, 4) is 0 Å². The molecule has 0 aliphatic carbocycles. The SMILES string of the molecule is C=CC[C@@H](NC(=O)Cc1ccc2ccccc2c1)C(N)=O. The van der Waals surface area contributed by atoms with Crippen LogP contribution in [-0.4, -0.2) is 17.9 Å². The third kappa shape index (κ3) is 3.92. The fourth-order valence-electron chi connectivity index (χ4n) is 2.19. The van der Waals surface area contributed by atoms with Gasteiger partial charge in [0.05, 0.1) is 6.42 Å². The molecule has 108 valence electrons. The highest BCUT2D eigenvalue weighted by molar-refractivity contribution is 5.89. The van der Waals surface area contributed by atoms with Crippen LogP contribution in [0.5, 0.6) is 0 Å². The van der Waals surface area contributed by atoms with Crippen LogP contribution in [0.1, 0.15) is 12.0 Å². The third-order valence-electron chi connectivity index (χ3n) is 3.26. The summed E-state index contributed by atoms with van der Waals surface area (Å²) in [7, 11) is 0. The van der Waals surface area contributed by atoms with Crippen molar-refractivity contribution in [3.05, 3.63) is 60.7 Å². The first-order valence-corrected chi connectivity index (χ1v) is 6.77. The minimum atomic E-state index is -0.699. The van der Waals surface area contributed by atoms with Gasteiger partial charge < -0.3 is 11.1 Å². The lowest BCUT2D eigenvalue weighted by atomic mass is 10.0. The molecular weight excluding hydrogens is 264 g/mol. The summed E-state index contributed by atoms with van der Waals surface area (Å²) in [5.74, 6) is -0.780. The summed E-state index contributed by atoms with van der Waals surface area (Å²) < 4.78 is 0. The molecule has 4 nitrogen and oxygen atoms in total. The second kappa shape index (κ2) is 6.70. The van der Waals surface area contributed by atoms with Gasteiger partial charge in [0, 0.05) is 0 Å². The Morgan fingerprint density at radius 2 is 1.90 bits per heavy atom. The lowest BCUT2D eigenvalue weighted by molar-refractivity contribution is -0.126. The van der Waals surface area contributed by atoms with Crippen molar-refractivity contribution in [2.45, 2.75) is 18.9 Å². The van der Waals surface area contributed by atoms with Crippen LogP contribution in [0.15, 0.2) is 55.1 Å². The number of amides is 2. The second-order valence-electron chi connectivity index (χ2n) is 4.91. The average molecular weight is 282 g/mol. The van der Waals surface area contributed by atoms with Gasteiger partial charge in [0.15, 0.2) is 0 Å². The molecule has 2 aromatic rings. The number of benzene rings is 2. The van der Waals surface area contributed by atoms with Gasteiger partial charge in [-0.25, -0.2) is 0 Å². The van der Waals surface area contributed by atoms with E-state index in [1.165, 1.54) is 0 Å². The van der Waals surface area contributed by atoms with Crippen LogP contribution in [0.3, 0.4) is 0 Å². The molecule has 21 heavy (non-hydrogen) atoms. The van der Waals surface area contributed by atoms with E-state index >= 15 is 0 Å². The van der Waals surface area contributed by atoms with Gasteiger partial charge >= 0.3 is 0 Å². The fourth-order valence-corrected chi connectivity index (χ4v) is 2.19. The Kier molecular flexibility index (Phi) is 4.72. The Bertz CT molecular complexity index is 679. The summed E-state index contributed by atoms with van der Waals surface area (Å²) in [5, 5.41) is 4.84. The van der Waals surface area contributed by atoms with Crippen LogP contribution in [0.2, 0.25) is 0 Å². The third-order valence-corrected chi connectivity index (χ3v) is 3.26. The van der Waals surface area contributed by atoms with Gasteiger partial charge in [0.1, 0.15) is 6.04 Å². The van der Waals surface area contributed by atoms with Gasteiger partial charge in [-0.2, -0.15) is 0 Å². The normalized spacial score (nSPS) is 11.8. The van der Waals surface area contributed by atoms with Crippen LogP contribution in [0, 0.1) is 0 Å². The van der Waals surface area contributed by atoms with Crippen molar-refractivity contribution in [1.82, 2.24) is 5.32 Å². The molecule has 1 atom stereocenters. The van der Waals surface area contributed by atoms with Crippen molar-refractivity contribution >= 4 is 22.6 Å². The Morgan fingerprint density at radius 1 is 1.19 bits per heavy atom. The fraction of sp³-hybridized carbons (Fsp3) is 0.176. The van der Waals surface area contributed by atoms with Crippen molar-refractivity contribution in [2.75, 3.05) is 0 Å². The summed E-state index contributed by atoms with van der Waals surface area (Å²) in [6, 6.07) is 13.1. The Hall–Kier alpha value is -2.62. The van der Waals surface area contributed by atoms with E-state index in [1.807, 2.05) is 42.5 Å². The molecule has 0 aliphatic rings. The van der Waals surface area contributed by atoms with Gasteiger partial charge in [-0.15, -0.1) is 6.58 Å². The zero-order chi connectivity index (χ0) is 15.2. The Morgan fingerprint density at radius 3 is 2.57 bits per heavy atom. The van der Waals surface area contributed by atoms with Crippen LogP contribution in [0.25, 0.3) is 10.8 Å². The molecule has 3 N–H and O–H groups in total. The zero-order valence-electron chi connectivity index (χ0n) is 11.7. The van der Waals surface area contributed by atoms with Crippen LogP contribution in [0.4, 0.5) is 0 Å². The molecular formula is C17H18N2O2. The first-order valence-electron chi connectivity index (χ1n) is 6.77. The molecule has 2 rings (SSSR count). The molecule has 2 amide bonds. The Balaban J connectivity index is 2.06. The summed E-state index contributed by atoms with van der Waals surface area (Å²) >= 11 is 0. The maximum Gasteiger partial charge on any atom is 0.240 e. The second-order valence-corrected chi connectivity index (χ2v) is 4.91. The molecule has 0 aromatic heterocycles. The van der Waals surface area contributed by atoms with Crippen molar-refractivity contribution in [1.29, 1.82) is 0 Å². The van der Waals surface area contributed by atoms with E-state index in [0.717, 1.165) is 16.3 Å². The number of nitrogens with two attached hydrogens (primary N) is 1. The number of fused-ring (bicyclic) bond motifs is 1. The molecule has 0 unspecified atom stereocenters. The molecule has 4 heteroatoms. The highest BCUT2D eigenvalue weighted by Gasteiger charge is 2.16. The maximum absolute atomic E-state index is 12.0. The molecule has 0 saturated carbocycles. The maximum atomic E-state index is 12.0. The van der Waals surface area contributed by atoms with Gasteiger partial charge in [0.2, 0.25) is 11.8 Å². The molecule has 0 aliphatic heterocycles. The van der Waals surface area contributed by atoms with E-state index in [9.17, 15) is 9.59 Å². The van der Waals surface area contributed by atoms with Crippen molar-refractivity contribution < 1.29 is 9.59 Å². The highest BCUT2D eigenvalue weighted by Crippen LogP contribution is 2.16. The summed E-state index contributed by atoms with van der Waals surface area (Å²) in [6.07, 6.45) is 2.11. The lowest BCUT2D eigenvalue weighted by Gasteiger charge is -2.13. The molecule has 0 saturated heterocycles. The van der Waals surface area contributed by atoms with Crippen LogP contribution < -0.4 is 11.1 Å². The van der Waals surface area contributed by atoms with Crippen molar-refractivity contribution in [3.63, 3.8) is 0 Å². The Labute approximate surface area is 123 Å². The first-order chi connectivity index (χ1) is 10.1. The van der Waals surface area contributed by atoms with E-state index < -0.39 is 11.9 Å². The predicted molar refractivity (Wildman–Crippen MR) is 83.6 cm³/mol. The smallest absolute Gasteiger partial charge is 0.240 e. The van der Waals surface area contributed by atoms with E-state index in [-0.39, 0.29) is 12.3 Å². The molecule has 0 fully saturated rings. The quantitative estimate of drug-likeness (QED) is 0.795. The number of hydrogen-bond donors (Lipinski definition) is 2.